The molecule has 0 amide bonds. The van der Waals surface area contributed by atoms with Crippen LogP contribution in [0, 0.1) is 28.6 Å². The van der Waals surface area contributed by atoms with Gasteiger partial charge in [-0.2, -0.15) is 0 Å². The molecule has 348 valence electrons. The molecule has 0 aromatic rings. The van der Waals surface area contributed by atoms with Crippen LogP contribution in [0.5, 0.6) is 0 Å². The van der Waals surface area contributed by atoms with Gasteiger partial charge in [0.05, 0.1) is 44.2 Å². The van der Waals surface area contributed by atoms with Gasteiger partial charge < -0.3 is 78.7 Å². The zero-order valence-electron chi connectivity index (χ0n) is 35.6. The molecule has 4 aliphatic heterocycles. The first-order valence-corrected chi connectivity index (χ1v) is 22.1. The van der Waals surface area contributed by atoms with Crippen LogP contribution in [0.1, 0.15) is 85.0 Å². The van der Waals surface area contributed by atoms with Crippen LogP contribution in [0.3, 0.4) is 0 Å². The number of cyclic esters (lactones) is 1. The van der Waals surface area contributed by atoms with Crippen molar-refractivity contribution in [3.05, 3.63) is 11.6 Å². The fourth-order valence-corrected chi connectivity index (χ4v) is 11.6. The Morgan fingerprint density at radius 3 is 2.16 bits per heavy atom. The lowest BCUT2D eigenvalue weighted by atomic mass is 9.53. The molecular weight excluding hydrogens is 804 g/mol. The summed E-state index contributed by atoms with van der Waals surface area (Å²) in [4.78, 5) is 25.5. The van der Waals surface area contributed by atoms with Gasteiger partial charge in [0.25, 0.3) is 0 Å². The predicted octanol–water partition coefficient (Wildman–Crippen LogP) is -0.601. The molecule has 0 aromatic heterocycles. The maximum absolute atomic E-state index is 13.6. The summed E-state index contributed by atoms with van der Waals surface area (Å²) in [5.74, 6) is 0.102. The third-order valence-electron chi connectivity index (χ3n) is 15.6. The molecule has 0 spiro atoms. The highest BCUT2D eigenvalue weighted by Crippen LogP contribution is 2.57. The summed E-state index contributed by atoms with van der Waals surface area (Å²) >= 11 is 0. The predicted molar refractivity (Wildman–Crippen MR) is 209 cm³/mol. The smallest absolute Gasteiger partial charge is 0.331 e. The molecule has 21 unspecified atom stereocenters. The first kappa shape index (κ1) is 47.2. The Morgan fingerprint density at radius 1 is 0.803 bits per heavy atom. The van der Waals surface area contributed by atoms with Gasteiger partial charge in [0.15, 0.2) is 12.6 Å². The van der Waals surface area contributed by atoms with Crippen molar-refractivity contribution in [1.29, 1.82) is 0 Å². The third kappa shape index (κ3) is 9.52. The molecule has 7 rings (SSSR count). The van der Waals surface area contributed by atoms with E-state index in [1.807, 2.05) is 0 Å². The molecule has 3 aliphatic carbocycles. The van der Waals surface area contributed by atoms with Crippen LogP contribution in [0.2, 0.25) is 0 Å². The number of rotatable bonds is 14. The number of methoxy groups -OCH3 is 1. The van der Waals surface area contributed by atoms with Gasteiger partial charge in [-0.15, -0.1) is 0 Å². The molecule has 18 heteroatoms. The Bertz CT molecular complexity index is 1550. The highest BCUT2D eigenvalue weighted by Gasteiger charge is 2.55. The normalized spacial score (nSPS) is 49.4. The lowest BCUT2D eigenvalue weighted by molar-refractivity contribution is -0.346. The average Bonchev–Trinajstić information content (AvgIpc) is 3.79. The van der Waals surface area contributed by atoms with E-state index in [-0.39, 0.29) is 60.8 Å². The number of aliphatic hydroxyl groups is 8. The second-order valence-corrected chi connectivity index (χ2v) is 19.1. The van der Waals surface area contributed by atoms with Crippen molar-refractivity contribution in [3.63, 3.8) is 0 Å². The largest absolute Gasteiger partial charge is 0.458 e. The fraction of sp³-hybridized carbons (Fsp3) is 0.907. The maximum Gasteiger partial charge on any atom is 0.331 e. The van der Waals surface area contributed by atoms with E-state index in [4.69, 9.17) is 37.9 Å². The molecule has 4 heterocycles. The Hall–Kier alpha value is -1.72. The Morgan fingerprint density at radius 2 is 1.49 bits per heavy atom. The highest BCUT2D eigenvalue weighted by atomic mass is 16.7. The maximum atomic E-state index is 13.6. The highest BCUT2D eigenvalue weighted by molar-refractivity contribution is 5.85. The lowest BCUT2D eigenvalue weighted by Gasteiger charge is -2.52. The number of hydrogen-bond acceptors (Lipinski definition) is 18. The van der Waals surface area contributed by atoms with Crippen molar-refractivity contribution in [3.8, 4) is 0 Å². The van der Waals surface area contributed by atoms with E-state index in [9.17, 15) is 50.4 Å². The molecule has 61 heavy (non-hydrogen) atoms. The number of fused-ring (bicyclic) bond motifs is 1. The minimum Gasteiger partial charge on any atom is -0.458 e. The van der Waals surface area contributed by atoms with Crippen molar-refractivity contribution in [1.82, 2.24) is 0 Å². The van der Waals surface area contributed by atoms with Gasteiger partial charge in [0.1, 0.15) is 73.4 Å². The molecule has 3 saturated heterocycles. The van der Waals surface area contributed by atoms with E-state index < -0.39 is 104 Å². The first-order valence-electron chi connectivity index (χ1n) is 22.1. The summed E-state index contributed by atoms with van der Waals surface area (Å²) in [6.45, 7) is 5.12. The van der Waals surface area contributed by atoms with Crippen LogP contribution in [0.15, 0.2) is 11.6 Å². The van der Waals surface area contributed by atoms with Crippen molar-refractivity contribution in [2.45, 2.75) is 183 Å². The molecule has 3 saturated carbocycles. The number of ketones is 1. The lowest BCUT2D eigenvalue weighted by Crippen LogP contribution is -2.62. The van der Waals surface area contributed by atoms with E-state index >= 15 is 0 Å². The van der Waals surface area contributed by atoms with Crippen molar-refractivity contribution in [2.75, 3.05) is 33.5 Å². The Balaban J connectivity index is 0.915. The topological polar surface area (TPSA) is 270 Å². The molecule has 0 radical (unpaired) electrons. The standard InChI is InChI=1S/C43H68O18/c1-20-40(61-41-39(53)38(52)36(50)30(60-41)19-55-18-29-35(49)37(51)34(48)28(16-44)59-29)27(54-4)15-33(57-20)58-23-9-11-42(2)22(14-23)5-7-26(45)25(42)10-12-43(3)24(6-8-31(43)46)21-13-32(47)56-17-21/h13,20,22-25,27-31,33-41,44,46,48-53H,5-12,14-19H2,1-4H3. The van der Waals surface area contributed by atoms with Crippen LogP contribution < -0.4 is 0 Å². The number of aliphatic hydroxyl groups excluding tert-OH is 8. The number of Topliss-reactive ketones (excluding diaryl/α,β-unsaturated/α-hetero) is 1. The van der Waals surface area contributed by atoms with Gasteiger partial charge in [-0.3, -0.25) is 4.79 Å². The fourth-order valence-electron chi connectivity index (χ4n) is 11.6. The minimum atomic E-state index is -1.67. The zero-order valence-corrected chi connectivity index (χ0v) is 35.6. The van der Waals surface area contributed by atoms with E-state index in [1.54, 1.807) is 13.0 Å². The van der Waals surface area contributed by atoms with Crippen LogP contribution in [-0.4, -0.2) is 184 Å². The summed E-state index contributed by atoms with van der Waals surface area (Å²) in [5, 5.41) is 83.5. The average molecular weight is 873 g/mol. The van der Waals surface area contributed by atoms with Crippen LogP contribution in [0.25, 0.3) is 0 Å². The number of ether oxygens (including phenoxy) is 8. The van der Waals surface area contributed by atoms with Gasteiger partial charge in [0, 0.05) is 37.4 Å². The molecule has 7 aliphatic rings. The number of carbonyl (C=O) groups is 2. The van der Waals surface area contributed by atoms with Gasteiger partial charge in [-0.05, 0) is 81.1 Å². The number of esters is 1. The minimum absolute atomic E-state index is 0.0382. The molecule has 0 aromatic carbocycles. The quantitative estimate of drug-likeness (QED) is 0.0800. The summed E-state index contributed by atoms with van der Waals surface area (Å²) in [5.41, 5.74) is 0.278. The second kappa shape index (κ2) is 19.4. The van der Waals surface area contributed by atoms with Crippen molar-refractivity contribution >= 4 is 11.8 Å². The molecule has 0 bridgehead atoms. The third-order valence-corrected chi connectivity index (χ3v) is 15.6. The summed E-state index contributed by atoms with van der Waals surface area (Å²) in [6, 6.07) is 0. The van der Waals surface area contributed by atoms with E-state index in [2.05, 4.69) is 13.8 Å². The monoisotopic (exact) mass is 872 g/mol. The van der Waals surface area contributed by atoms with Crippen molar-refractivity contribution in [2.24, 2.45) is 28.6 Å². The van der Waals surface area contributed by atoms with E-state index in [0.717, 1.165) is 37.7 Å². The summed E-state index contributed by atoms with van der Waals surface area (Å²) in [6.07, 6.45) is -9.36. The molecule has 21 atom stereocenters. The van der Waals surface area contributed by atoms with Gasteiger partial charge in [-0.1, -0.05) is 13.8 Å². The number of hydrogen-bond donors (Lipinski definition) is 8. The van der Waals surface area contributed by atoms with Crippen LogP contribution in [-0.2, 0) is 47.5 Å². The molecular formula is C43H68O18. The van der Waals surface area contributed by atoms with Gasteiger partial charge in [0.2, 0.25) is 0 Å². The number of carbonyl (C=O) groups excluding carboxylic acids is 2. The first-order chi connectivity index (χ1) is 29.0. The Labute approximate surface area is 356 Å². The van der Waals surface area contributed by atoms with Gasteiger partial charge >= 0.3 is 5.97 Å². The summed E-state index contributed by atoms with van der Waals surface area (Å²) < 4.78 is 47.2. The van der Waals surface area contributed by atoms with Gasteiger partial charge in [-0.25, -0.2) is 4.79 Å². The summed E-state index contributed by atoms with van der Waals surface area (Å²) in [7, 11) is 1.53. The molecule has 6 fully saturated rings. The molecule has 8 N–H and O–H groups in total. The zero-order chi connectivity index (χ0) is 44.0. The Kier molecular flexibility index (Phi) is 15.0. The van der Waals surface area contributed by atoms with Crippen molar-refractivity contribution < 1.29 is 88.3 Å². The molecule has 18 nitrogen and oxygen atoms in total. The van der Waals surface area contributed by atoms with Crippen LogP contribution >= 0.6 is 0 Å². The second-order valence-electron chi connectivity index (χ2n) is 19.1. The SMILES string of the molecule is COC1CC(OC2CCC3(C)C(CCC(=O)C3CCC3(C)C(O)CCC3C3=CC(=O)OC3)C2)OC(C)C1OC1OC(COCC2OC(CO)C(O)C(O)C2O)C(O)C(O)C1O. The van der Waals surface area contributed by atoms with E-state index in [0.29, 0.717) is 32.1 Å². The van der Waals surface area contributed by atoms with E-state index in [1.165, 1.54) is 7.11 Å². The van der Waals surface area contributed by atoms with Crippen LogP contribution in [0.4, 0.5) is 0 Å².